The zero-order valence-electron chi connectivity index (χ0n) is 11.8. The molecular weight excluding hydrogens is 264 g/mol. The number of hydrogen-bond acceptors (Lipinski definition) is 4. The highest BCUT2D eigenvalue weighted by molar-refractivity contribution is 7.89. The van der Waals surface area contributed by atoms with Crippen LogP contribution < -0.4 is 5.32 Å². The van der Waals surface area contributed by atoms with E-state index in [1.54, 1.807) is 24.3 Å². The summed E-state index contributed by atoms with van der Waals surface area (Å²) in [6, 6.07) is 1.64. The predicted molar refractivity (Wildman–Crippen MR) is 73.4 cm³/mol. The molecule has 5 nitrogen and oxygen atoms in total. The van der Waals surface area contributed by atoms with Crippen LogP contribution in [0.3, 0.4) is 0 Å². The molecule has 0 atom stereocenters. The minimum absolute atomic E-state index is 0.306. The first-order valence-corrected chi connectivity index (χ1v) is 8.17. The number of hydrogen-bond donors (Lipinski definition) is 1. The lowest BCUT2D eigenvalue weighted by Gasteiger charge is -2.19. The van der Waals surface area contributed by atoms with Crippen LogP contribution in [0.2, 0.25) is 0 Å². The molecule has 1 saturated carbocycles. The molecule has 0 aromatic carbocycles. The Labute approximate surface area is 115 Å². The Morgan fingerprint density at radius 3 is 2.68 bits per heavy atom. The van der Waals surface area contributed by atoms with Gasteiger partial charge in [-0.25, -0.2) is 8.42 Å². The topological polar surface area (TPSA) is 62.6 Å². The van der Waals surface area contributed by atoms with Crippen LogP contribution in [-0.2, 0) is 16.6 Å². The van der Waals surface area contributed by atoms with Gasteiger partial charge in [-0.1, -0.05) is 6.92 Å². The van der Waals surface area contributed by atoms with Crippen molar-refractivity contribution in [3.63, 3.8) is 0 Å². The number of furan rings is 1. The van der Waals surface area contributed by atoms with Crippen LogP contribution in [0, 0.1) is 12.8 Å². The summed E-state index contributed by atoms with van der Waals surface area (Å²) in [5.41, 5.74) is 0. The third-order valence-electron chi connectivity index (χ3n) is 3.40. The number of nitrogens with one attached hydrogen (secondary N) is 1. The molecular formula is C13H22N2O3S. The molecule has 108 valence electrons. The molecule has 1 N–H and O–H groups in total. The molecule has 1 aliphatic rings. The average Bonchev–Trinajstić information content (AvgIpc) is 3.09. The lowest BCUT2D eigenvalue weighted by Crippen LogP contribution is -2.32. The van der Waals surface area contributed by atoms with Crippen molar-refractivity contribution >= 4 is 10.0 Å². The Bertz CT molecular complexity index is 532. The zero-order chi connectivity index (χ0) is 14.0. The van der Waals surface area contributed by atoms with Gasteiger partial charge in [0.25, 0.3) is 0 Å². The quantitative estimate of drug-likeness (QED) is 0.829. The van der Waals surface area contributed by atoms with E-state index in [-0.39, 0.29) is 0 Å². The van der Waals surface area contributed by atoms with Crippen molar-refractivity contribution in [3.05, 3.63) is 17.6 Å². The van der Waals surface area contributed by atoms with Crippen LogP contribution in [-0.4, -0.2) is 32.9 Å². The summed E-state index contributed by atoms with van der Waals surface area (Å²) < 4.78 is 32.3. The van der Waals surface area contributed by atoms with Crippen LogP contribution in [0.15, 0.2) is 15.4 Å². The molecule has 0 spiro atoms. The summed E-state index contributed by atoms with van der Waals surface area (Å²) in [5, 5.41) is 2.96. The van der Waals surface area contributed by atoms with Crippen molar-refractivity contribution in [1.82, 2.24) is 9.62 Å². The first-order valence-electron chi connectivity index (χ1n) is 6.73. The molecule has 0 unspecified atom stereocenters. The van der Waals surface area contributed by atoms with E-state index in [1.165, 1.54) is 0 Å². The SMILES string of the molecule is CCN(CC1CC1)S(=O)(=O)c1cc(CNC)oc1C. The molecule has 0 saturated heterocycles. The molecule has 2 rings (SSSR count). The van der Waals surface area contributed by atoms with Gasteiger partial charge in [0.2, 0.25) is 10.0 Å². The third-order valence-corrected chi connectivity index (χ3v) is 5.45. The van der Waals surface area contributed by atoms with Crippen molar-refractivity contribution in [2.75, 3.05) is 20.1 Å². The molecule has 1 fully saturated rings. The van der Waals surface area contributed by atoms with Gasteiger partial charge in [0.05, 0.1) is 6.54 Å². The van der Waals surface area contributed by atoms with Gasteiger partial charge in [0, 0.05) is 19.2 Å². The van der Waals surface area contributed by atoms with Crippen LogP contribution in [0.4, 0.5) is 0 Å². The number of sulfonamides is 1. The molecule has 19 heavy (non-hydrogen) atoms. The molecule has 0 bridgehead atoms. The van der Waals surface area contributed by atoms with Crippen molar-refractivity contribution in [3.8, 4) is 0 Å². The summed E-state index contributed by atoms with van der Waals surface area (Å²) in [7, 11) is -1.62. The fourth-order valence-electron chi connectivity index (χ4n) is 2.17. The van der Waals surface area contributed by atoms with Gasteiger partial charge in [-0.3, -0.25) is 0 Å². The van der Waals surface area contributed by atoms with Crippen LogP contribution >= 0.6 is 0 Å². The summed E-state index contributed by atoms with van der Waals surface area (Å²) in [6.07, 6.45) is 2.28. The number of aryl methyl sites for hydroxylation is 1. The number of nitrogens with zero attached hydrogens (tertiary/aromatic N) is 1. The Morgan fingerprint density at radius 2 is 2.16 bits per heavy atom. The Kier molecular flexibility index (Phi) is 4.32. The summed E-state index contributed by atoms with van der Waals surface area (Å²) in [6.45, 7) is 5.25. The van der Waals surface area contributed by atoms with Gasteiger partial charge in [0.15, 0.2) is 0 Å². The van der Waals surface area contributed by atoms with Crippen LogP contribution in [0.25, 0.3) is 0 Å². The number of rotatable bonds is 7. The van der Waals surface area contributed by atoms with Gasteiger partial charge in [0.1, 0.15) is 16.4 Å². The van der Waals surface area contributed by atoms with E-state index in [0.29, 0.717) is 42.0 Å². The molecule has 1 heterocycles. The lowest BCUT2D eigenvalue weighted by molar-refractivity contribution is 0.409. The van der Waals surface area contributed by atoms with E-state index < -0.39 is 10.0 Å². The van der Waals surface area contributed by atoms with E-state index in [4.69, 9.17) is 4.42 Å². The van der Waals surface area contributed by atoms with Gasteiger partial charge in [-0.15, -0.1) is 0 Å². The standard InChI is InChI=1S/C13H22N2O3S/c1-4-15(9-11-5-6-11)19(16,17)13-7-12(8-14-3)18-10(13)2/h7,11,14H,4-6,8-9H2,1-3H3. The van der Waals surface area contributed by atoms with Crippen LogP contribution in [0.1, 0.15) is 31.3 Å². The fourth-order valence-corrected chi connectivity index (χ4v) is 3.88. The maximum atomic E-state index is 12.6. The molecule has 1 aromatic rings. The Morgan fingerprint density at radius 1 is 1.47 bits per heavy atom. The fraction of sp³-hybridized carbons (Fsp3) is 0.692. The second-order valence-corrected chi connectivity index (χ2v) is 6.97. The highest BCUT2D eigenvalue weighted by Crippen LogP contribution is 2.32. The van der Waals surface area contributed by atoms with Gasteiger partial charge >= 0.3 is 0 Å². The van der Waals surface area contributed by atoms with E-state index in [2.05, 4.69) is 5.32 Å². The third kappa shape index (κ3) is 3.19. The highest BCUT2D eigenvalue weighted by Gasteiger charge is 2.32. The van der Waals surface area contributed by atoms with Crippen molar-refractivity contribution in [2.24, 2.45) is 5.92 Å². The Hall–Kier alpha value is -0.850. The molecule has 1 aromatic heterocycles. The predicted octanol–water partition coefficient (Wildman–Crippen LogP) is 1.73. The van der Waals surface area contributed by atoms with Gasteiger partial charge in [-0.05, 0) is 32.7 Å². The molecule has 1 aliphatic carbocycles. The minimum Gasteiger partial charge on any atom is -0.464 e. The molecule has 6 heteroatoms. The zero-order valence-corrected chi connectivity index (χ0v) is 12.6. The largest absolute Gasteiger partial charge is 0.464 e. The van der Waals surface area contributed by atoms with Crippen molar-refractivity contribution in [1.29, 1.82) is 0 Å². The normalized spacial score (nSPS) is 16.2. The monoisotopic (exact) mass is 286 g/mol. The van der Waals surface area contributed by atoms with Gasteiger partial charge in [-0.2, -0.15) is 4.31 Å². The second-order valence-electron chi connectivity index (χ2n) is 5.06. The summed E-state index contributed by atoms with van der Waals surface area (Å²) in [4.78, 5) is 0.306. The van der Waals surface area contributed by atoms with Gasteiger partial charge < -0.3 is 9.73 Å². The van der Waals surface area contributed by atoms with Crippen molar-refractivity contribution in [2.45, 2.75) is 38.1 Å². The maximum Gasteiger partial charge on any atom is 0.246 e. The first kappa shape index (κ1) is 14.6. The first-order chi connectivity index (χ1) is 8.98. The minimum atomic E-state index is -3.42. The highest BCUT2D eigenvalue weighted by atomic mass is 32.2. The molecule has 0 aliphatic heterocycles. The Balaban J connectivity index is 2.25. The van der Waals surface area contributed by atoms with Crippen molar-refractivity contribution < 1.29 is 12.8 Å². The maximum absolute atomic E-state index is 12.6. The summed E-state index contributed by atoms with van der Waals surface area (Å²) >= 11 is 0. The smallest absolute Gasteiger partial charge is 0.246 e. The second kappa shape index (κ2) is 5.64. The van der Waals surface area contributed by atoms with E-state index in [0.717, 1.165) is 12.8 Å². The van der Waals surface area contributed by atoms with E-state index in [9.17, 15) is 8.42 Å². The van der Waals surface area contributed by atoms with E-state index >= 15 is 0 Å². The average molecular weight is 286 g/mol. The molecule has 0 radical (unpaired) electrons. The van der Waals surface area contributed by atoms with E-state index in [1.807, 2.05) is 6.92 Å². The summed E-state index contributed by atoms with van der Waals surface area (Å²) in [5.74, 6) is 1.67. The molecule has 0 amide bonds. The lowest BCUT2D eigenvalue weighted by atomic mass is 10.4. The van der Waals surface area contributed by atoms with Crippen LogP contribution in [0.5, 0.6) is 0 Å².